The smallest absolute Gasteiger partial charge is 0.227 e. The first-order valence-corrected chi connectivity index (χ1v) is 18.5. The van der Waals surface area contributed by atoms with Gasteiger partial charge in [-0.05, 0) is 72.9 Å². The Kier molecular flexibility index (Phi) is 9.50. The van der Waals surface area contributed by atoms with Gasteiger partial charge in [0, 0.05) is 25.1 Å². The number of para-hydroxylation sites is 1. The average Bonchev–Trinajstić information content (AvgIpc) is 2.99. The van der Waals surface area contributed by atoms with Gasteiger partial charge in [0.15, 0.2) is 8.32 Å². The molecule has 2 atom stereocenters. The van der Waals surface area contributed by atoms with E-state index in [4.69, 9.17) is 13.9 Å². The molecule has 0 radical (unpaired) electrons. The zero-order chi connectivity index (χ0) is 33.4. The van der Waals surface area contributed by atoms with Crippen molar-refractivity contribution >= 4 is 25.6 Å². The van der Waals surface area contributed by atoms with Crippen molar-refractivity contribution in [2.75, 3.05) is 36.6 Å². The van der Waals surface area contributed by atoms with Crippen molar-refractivity contribution in [3.8, 4) is 11.5 Å². The quantitative estimate of drug-likeness (QED) is 0.250. The number of carbonyl (C=O) groups excluding carboxylic acids is 1. The predicted octanol–water partition coefficient (Wildman–Crippen LogP) is 7.00. The van der Waals surface area contributed by atoms with Crippen molar-refractivity contribution in [3.05, 3.63) is 83.2 Å². The number of ether oxygens (including phenoxy) is 2. The number of aliphatic hydroxyl groups is 1. The zero-order valence-corrected chi connectivity index (χ0v) is 28.3. The van der Waals surface area contributed by atoms with Crippen LogP contribution < -0.4 is 19.3 Å². The first-order chi connectivity index (χ1) is 21.6. The molecule has 0 aromatic heterocycles. The van der Waals surface area contributed by atoms with Crippen molar-refractivity contribution in [2.24, 2.45) is 0 Å². The number of hydrogen-bond donors (Lipinski definition) is 1. The second-order valence-corrected chi connectivity index (χ2v) is 18.5. The molecule has 5 rings (SSSR count). The van der Waals surface area contributed by atoms with E-state index in [1.165, 1.54) is 35.2 Å². The summed E-state index contributed by atoms with van der Waals surface area (Å²) < 4.78 is 63.2. The van der Waals surface area contributed by atoms with Gasteiger partial charge in [0.1, 0.15) is 46.8 Å². The summed E-state index contributed by atoms with van der Waals surface area (Å²) in [5.74, 6) is -1.06. The summed E-state index contributed by atoms with van der Waals surface area (Å²) in [7, 11) is -0.899. The topological polar surface area (TPSA) is 71.5 Å². The number of fused-ring (bicyclic) bond motifs is 1. The summed E-state index contributed by atoms with van der Waals surface area (Å²) in [6.07, 6.45) is -0.257. The number of carbonyl (C=O) groups is 1. The molecule has 0 spiro atoms. The Balaban J connectivity index is 1.42. The van der Waals surface area contributed by atoms with Gasteiger partial charge in [0.25, 0.3) is 0 Å². The predicted molar refractivity (Wildman–Crippen MR) is 175 cm³/mol. The van der Waals surface area contributed by atoms with Crippen molar-refractivity contribution < 1.29 is 37.0 Å². The third-order valence-corrected chi connectivity index (χ3v) is 14.1. The zero-order valence-electron chi connectivity index (χ0n) is 27.3. The molecule has 2 heterocycles. The van der Waals surface area contributed by atoms with E-state index in [9.17, 15) is 18.7 Å². The lowest BCUT2D eigenvalue weighted by molar-refractivity contribution is -0.119. The van der Waals surface area contributed by atoms with Crippen LogP contribution in [-0.2, 0) is 22.2 Å². The monoisotopic (exact) mass is 656 g/mol. The third-order valence-electron chi connectivity index (χ3n) is 9.62. The highest BCUT2D eigenvalue weighted by Gasteiger charge is 2.49. The molecule has 248 valence electrons. The molecular formula is C35H43F3N2O5Si. The summed E-state index contributed by atoms with van der Waals surface area (Å²) in [6, 6.07) is 13.8. The number of nitrogens with zero attached hydrogens (tertiary/aromatic N) is 2. The second kappa shape index (κ2) is 12.9. The minimum Gasteiger partial charge on any atom is -0.497 e. The van der Waals surface area contributed by atoms with Crippen LogP contribution in [-0.4, -0.2) is 57.8 Å². The minimum absolute atomic E-state index is 0.0515. The molecule has 11 heteroatoms. The number of benzene rings is 3. The van der Waals surface area contributed by atoms with E-state index < -0.39 is 37.5 Å². The van der Waals surface area contributed by atoms with Crippen LogP contribution in [0.15, 0.2) is 54.6 Å². The van der Waals surface area contributed by atoms with Gasteiger partial charge < -0.3 is 28.8 Å². The van der Waals surface area contributed by atoms with Gasteiger partial charge >= 0.3 is 0 Å². The molecule has 1 fully saturated rings. The van der Waals surface area contributed by atoms with E-state index in [1.54, 1.807) is 24.1 Å². The molecular weight excluding hydrogens is 613 g/mol. The molecule has 2 aliphatic rings. The van der Waals surface area contributed by atoms with E-state index in [0.29, 0.717) is 17.1 Å². The Labute approximate surface area is 270 Å². The highest BCUT2D eigenvalue weighted by atomic mass is 28.4. The number of piperidine rings is 1. The van der Waals surface area contributed by atoms with Crippen LogP contribution >= 0.6 is 0 Å². The van der Waals surface area contributed by atoms with Crippen LogP contribution in [0.4, 0.5) is 24.5 Å². The SMILES string of the molecule is COc1ccc(CN2C(=O)CCc3c(OC[C@]4(O)CCN(c5c(F)cccc5F)C[C@H]4O[Si](C)(C)C(C)(C)C)ccc(F)c32)cc1. The largest absolute Gasteiger partial charge is 0.497 e. The fourth-order valence-electron chi connectivity index (χ4n) is 5.82. The van der Waals surface area contributed by atoms with Crippen LogP contribution in [0.5, 0.6) is 11.5 Å². The minimum atomic E-state index is -2.47. The Hall–Kier alpha value is -3.54. The number of methoxy groups -OCH3 is 1. The highest BCUT2D eigenvalue weighted by Crippen LogP contribution is 2.42. The molecule has 7 nitrogen and oxygen atoms in total. The Bertz CT molecular complexity index is 1560. The van der Waals surface area contributed by atoms with Crippen molar-refractivity contribution in [3.63, 3.8) is 0 Å². The van der Waals surface area contributed by atoms with E-state index in [2.05, 4.69) is 33.9 Å². The van der Waals surface area contributed by atoms with Crippen molar-refractivity contribution in [1.29, 1.82) is 0 Å². The Morgan fingerprint density at radius 2 is 1.61 bits per heavy atom. The van der Waals surface area contributed by atoms with E-state index >= 15 is 4.39 Å². The first kappa shape index (κ1) is 33.8. The Morgan fingerprint density at radius 1 is 0.957 bits per heavy atom. The molecule has 2 aliphatic heterocycles. The lowest BCUT2D eigenvalue weighted by atomic mass is 9.89. The molecule has 0 unspecified atom stereocenters. The normalized spacial score (nSPS) is 20.5. The maximum atomic E-state index is 15.4. The van der Waals surface area contributed by atoms with E-state index in [1.807, 2.05) is 12.1 Å². The first-order valence-electron chi connectivity index (χ1n) is 15.6. The Morgan fingerprint density at radius 3 is 2.24 bits per heavy atom. The maximum absolute atomic E-state index is 15.4. The molecule has 3 aromatic carbocycles. The molecule has 1 saturated heterocycles. The average molecular weight is 657 g/mol. The summed E-state index contributed by atoms with van der Waals surface area (Å²) in [6.45, 7) is 10.6. The lowest BCUT2D eigenvalue weighted by Crippen LogP contribution is -2.63. The van der Waals surface area contributed by atoms with E-state index in [-0.39, 0.29) is 67.8 Å². The molecule has 46 heavy (non-hydrogen) atoms. The van der Waals surface area contributed by atoms with Crippen LogP contribution in [0.2, 0.25) is 18.1 Å². The third kappa shape index (κ3) is 6.77. The molecule has 3 aromatic rings. The van der Waals surface area contributed by atoms with Crippen LogP contribution in [0.25, 0.3) is 0 Å². The number of rotatable bonds is 9. The summed E-state index contributed by atoms with van der Waals surface area (Å²) in [5.41, 5.74) is -0.142. The van der Waals surface area contributed by atoms with Gasteiger partial charge in [-0.1, -0.05) is 39.0 Å². The number of hydrogen-bond acceptors (Lipinski definition) is 6. The molecule has 0 aliphatic carbocycles. The highest BCUT2D eigenvalue weighted by molar-refractivity contribution is 6.74. The number of anilines is 2. The van der Waals surface area contributed by atoms with E-state index in [0.717, 1.165) is 5.56 Å². The number of amides is 1. The van der Waals surface area contributed by atoms with Gasteiger partial charge in [-0.3, -0.25) is 4.79 Å². The fourth-order valence-corrected chi connectivity index (χ4v) is 7.18. The number of halogens is 3. The maximum Gasteiger partial charge on any atom is 0.227 e. The summed E-state index contributed by atoms with van der Waals surface area (Å²) >= 11 is 0. The van der Waals surface area contributed by atoms with Crippen LogP contribution in [0.3, 0.4) is 0 Å². The van der Waals surface area contributed by atoms with Gasteiger partial charge in [0.05, 0.1) is 25.4 Å². The molecule has 1 N–H and O–H groups in total. The van der Waals surface area contributed by atoms with Gasteiger partial charge in [0.2, 0.25) is 5.91 Å². The lowest BCUT2D eigenvalue weighted by Gasteiger charge is -2.49. The summed E-state index contributed by atoms with van der Waals surface area (Å²) in [4.78, 5) is 16.1. The van der Waals surface area contributed by atoms with Crippen LogP contribution in [0.1, 0.15) is 44.7 Å². The van der Waals surface area contributed by atoms with Gasteiger partial charge in [-0.15, -0.1) is 0 Å². The molecule has 0 bridgehead atoms. The molecule has 0 saturated carbocycles. The fraction of sp³-hybridized carbons (Fsp3) is 0.457. The van der Waals surface area contributed by atoms with Gasteiger partial charge in [-0.25, -0.2) is 13.2 Å². The molecule has 1 amide bonds. The summed E-state index contributed by atoms with van der Waals surface area (Å²) in [5, 5.41) is 11.9. The second-order valence-electron chi connectivity index (χ2n) is 13.7. The van der Waals surface area contributed by atoms with Crippen molar-refractivity contribution in [1.82, 2.24) is 0 Å². The standard InChI is InChI=1S/C35H43F3N2O5Si/c1-34(2,3)46(5,6)45-30-21-39(33-26(36)8-7-9-27(33)37)19-18-35(30,42)22-44-29-16-15-28(38)32-25(29)14-17-31(41)40(32)20-23-10-12-24(43-4)13-11-23/h7-13,15-16,30,42H,14,17-22H2,1-6H3/t30-,35-/m1/s1. The van der Waals surface area contributed by atoms with Gasteiger partial charge in [-0.2, -0.15) is 0 Å². The van der Waals surface area contributed by atoms with Crippen LogP contribution in [0, 0.1) is 17.5 Å². The van der Waals surface area contributed by atoms with Crippen molar-refractivity contribution in [2.45, 2.75) is 76.4 Å².